The number of anilines is 1. The van der Waals surface area contributed by atoms with Crippen molar-refractivity contribution in [2.75, 3.05) is 38.5 Å². The van der Waals surface area contributed by atoms with E-state index in [1.54, 1.807) is 34.2 Å². The Bertz CT molecular complexity index is 1390. The number of ether oxygens (including phenoxy) is 2. The second kappa shape index (κ2) is 12.3. The van der Waals surface area contributed by atoms with Crippen molar-refractivity contribution in [3.05, 3.63) is 75.7 Å². The highest BCUT2D eigenvalue weighted by Gasteiger charge is 2.28. The molecular weight excluding hydrogens is 558 g/mol. The lowest BCUT2D eigenvalue weighted by Crippen LogP contribution is -2.51. The summed E-state index contributed by atoms with van der Waals surface area (Å²) in [5, 5.41) is 0.324. The van der Waals surface area contributed by atoms with E-state index in [2.05, 4.69) is 4.98 Å². The van der Waals surface area contributed by atoms with Crippen molar-refractivity contribution < 1.29 is 23.5 Å². The van der Waals surface area contributed by atoms with Crippen molar-refractivity contribution in [3.8, 4) is 16.9 Å². The molecule has 8 nitrogen and oxygen atoms in total. The van der Waals surface area contributed by atoms with E-state index < -0.39 is 11.4 Å². The Balaban J connectivity index is 1.36. The minimum absolute atomic E-state index is 0.0319. The van der Waals surface area contributed by atoms with Crippen molar-refractivity contribution in [2.24, 2.45) is 0 Å². The van der Waals surface area contributed by atoms with Crippen LogP contribution >= 0.6 is 23.2 Å². The maximum absolute atomic E-state index is 13.8. The number of nitrogens with two attached hydrogens (primary N) is 1. The molecule has 1 saturated heterocycles. The number of piperazine rings is 1. The SMILES string of the molecule is CC(C)(C)OC(=O)N1CCN(C(=O)c2ccc(-c3cnc(N)c(OCCc4c(Cl)ccc(F)c4Cl)c3)cc2)CC1. The van der Waals surface area contributed by atoms with Crippen molar-refractivity contribution in [1.82, 2.24) is 14.8 Å². The summed E-state index contributed by atoms with van der Waals surface area (Å²) < 4.78 is 25.0. The second-order valence-corrected chi connectivity index (χ2v) is 11.1. The number of hydrogen-bond donors (Lipinski definition) is 1. The van der Waals surface area contributed by atoms with Crippen LogP contribution in [-0.4, -0.2) is 65.2 Å². The van der Waals surface area contributed by atoms with Crippen LogP contribution in [0.25, 0.3) is 11.1 Å². The normalized spacial score (nSPS) is 13.8. The number of carbonyl (C=O) groups excluding carboxylic acids is 2. The fourth-order valence-corrected chi connectivity index (χ4v) is 4.76. The standard InChI is InChI=1S/C29H31Cl2FN4O4/c1-29(2,3)40-28(38)36-13-11-35(12-14-36)27(37)19-6-4-18(5-7-19)20-16-24(26(33)34-17-20)39-15-10-21-22(30)8-9-23(32)25(21)31/h4-9,16-17H,10-15H2,1-3H3,(H2,33,34). The zero-order valence-electron chi connectivity index (χ0n) is 22.5. The molecule has 212 valence electrons. The molecule has 40 heavy (non-hydrogen) atoms. The summed E-state index contributed by atoms with van der Waals surface area (Å²) in [4.78, 5) is 32.9. The number of pyridine rings is 1. The fraction of sp³-hybridized carbons (Fsp3) is 0.345. The van der Waals surface area contributed by atoms with E-state index in [0.717, 1.165) is 11.1 Å². The van der Waals surface area contributed by atoms with Crippen molar-refractivity contribution in [2.45, 2.75) is 32.8 Å². The van der Waals surface area contributed by atoms with Crippen LogP contribution in [0, 0.1) is 5.82 Å². The lowest BCUT2D eigenvalue weighted by molar-refractivity contribution is 0.0141. The number of nitrogens with zero attached hydrogens (tertiary/aromatic N) is 3. The molecule has 0 spiro atoms. The predicted molar refractivity (Wildman–Crippen MR) is 153 cm³/mol. The highest BCUT2D eigenvalue weighted by Crippen LogP contribution is 2.30. The molecule has 1 aliphatic rings. The molecule has 0 atom stereocenters. The zero-order chi connectivity index (χ0) is 29.0. The van der Waals surface area contributed by atoms with Crippen LogP contribution in [0.1, 0.15) is 36.7 Å². The Kier molecular flexibility index (Phi) is 9.05. The van der Waals surface area contributed by atoms with E-state index >= 15 is 0 Å². The third-order valence-corrected chi connectivity index (χ3v) is 7.08. The monoisotopic (exact) mass is 588 g/mol. The number of rotatable bonds is 6. The topological polar surface area (TPSA) is 98.0 Å². The van der Waals surface area contributed by atoms with Gasteiger partial charge in [-0.2, -0.15) is 0 Å². The molecule has 2 amide bonds. The zero-order valence-corrected chi connectivity index (χ0v) is 24.1. The summed E-state index contributed by atoms with van der Waals surface area (Å²) in [5.74, 6) is -0.0830. The average molecular weight is 589 g/mol. The Hall–Kier alpha value is -3.56. The van der Waals surface area contributed by atoms with Crippen LogP contribution in [0.2, 0.25) is 10.0 Å². The molecule has 3 aromatic rings. The number of halogens is 3. The average Bonchev–Trinajstić information content (AvgIpc) is 2.92. The van der Waals surface area contributed by atoms with Gasteiger partial charge in [-0.05, 0) is 62.2 Å². The van der Waals surface area contributed by atoms with Crippen LogP contribution in [-0.2, 0) is 11.2 Å². The van der Waals surface area contributed by atoms with E-state index in [1.807, 2.05) is 32.9 Å². The first-order valence-electron chi connectivity index (χ1n) is 12.8. The molecule has 4 rings (SSSR count). The molecule has 0 bridgehead atoms. The van der Waals surface area contributed by atoms with Gasteiger partial charge >= 0.3 is 6.09 Å². The smallest absolute Gasteiger partial charge is 0.410 e. The van der Waals surface area contributed by atoms with E-state index in [-0.39, 0.29) is 35.9 Å². The first kappa shape index (κ1) is 29.4. The fourth-order valence-electron chi connectivity index (χ4n) is 4.20. The van der Waals surface area contributed by atoms with Gasteiger partial charge in [-0.3, -0.25) is 4.79 Å². The summed E-state index contributed by atoms with van der Waals surface area (Å²) in [6, 6.07) is 11.6. The van der Waals surface area contributed by atoms with Crippen LogP contribution in [0.4, 0.5) is 15.0 Å². The molecule has 11 heteroatoms. The summed E-state index contributed by atoms with van der Waals surface area (Å²) >= 11 is 12.2. The summed E-state index contributed by atoms with van der Waals surface area (Å²) in [6.45, 7) is 7.31. The molecule has 1 aliphatic heterocycles. The van der Waals surface area contributed by atoms with Gasteiger partial charge < -0.3 is 25.0 Å². The van der Waals surface area contributed by atoms with Crippen LogP contribution in [0.3, 0.4) is 0 Å². The number of amides is 2. The van der Waals surface area contributed by atoms with Crippen molar-refractivity contribution >= 4 is 41.0 Å². The van der Waals surface area contributed by atoms with E-state index in [9.17, 15) is 14.0 Å². The molecule has 1 fully saturated rings. The molecule has 0 radical (unpaired) electrons. The van der Waals surface area contributed by atoms with Gasteiger partial charge in [0.15, 0.2) is 11.6 Å². The Morgan fingerprint density at radius 1 is 1.00 bits per heavy atom. The Morgan fingerprint density at radius 2 is 1.65 bits per heavy atom. The highest BCUT2D eigenvalue weighted by molar-refractivity contribution is 6.36. The number of hydrogen-bond acceptors (Lipinski definition) is 6. The summed E-state index contributed by atoms with van der Waals surface area (Å²) in [6.07, 6.45) is 1.53. The van der Waals surface area contributed by atoms with Gasteiger partial charge in [-0.15, -0.1) is 0 Å². The van der Waals surface area contributed by atoms with Crippen molar-refractivity contribution in [1.29, 1.82) is 0 Å². The Labute approximate surface area is 242 Å². The van der Waals surface area contributed by atoms with Crippen LogP contribution < -0.4 is 10.5 Å². The largest absolute Gasteiger partial charge is 0.489 e. The highest BCUT2D eigenvalue weighted by atomic mass is 35.5. The third-order valence-electron chi connectivity index (χ3n) is 6.31. The quantitative estimate of drug-likeness (QED) is 0.350. The maximum atomic E-state index is 13.8. The number of aromatic nitrogens is 1. The number of nitrogen functional groups attached to an aromatic ring is 1. The molecule has 0 saturated carbocycles. The van der Waals surface area contributed by atoms with Crippen LogP contribution in [0.15, 0.2) is 48.7 Å². The van der Waals surface area contributed by atoms with Gasteiger partial charge in [0.05, 0.1) is 11.6 Å². The van der Waals surface area contributed by atoms with E-state index in [0.29, 0.717) is 48.1 Å². The van der Waals surface area contributed by atoms with E-state index in [4.69, 9.17) is 38.4 Å². The molecule has 0 aliphatic carbocycles. The summed E-state index contributed by atoms with van der Waals surface area (Å²) in [5.41, 5.74) is 8.00. The molecule has 2 N–H and O–H groups in total. The first-order valence-corrected chi connectivity index (χ1v) is 13.6. The lowest BCUT2D eigenvalue weighted by atomic mass is 10.0. The molecular formula is C29H31Cl2FN4O4. The first-order chi connectivity index (χ1) is 18.9. The third kappa shape index (κ3) is 7.14. The van der Waals surface area contributed by atoms with Gasteiger partial charge in [0.2, 0.25) is 0 Å². The summed E-state index contributed by atoms with van der Waals surface area (Å²) in [7, 11) is 0. The van der Waals surface area contributed by atoms with Gasteiger partial charge in [0, 0.05) is 54.9 Å². The lowest BCUT2D eigenvalue weighted by Gasteiger charge is -2.35. The maximum Gasteiger partial charge on any atom is 0.410 e. The minimum Gasteiger partial charge on any atom is -0.489 e. The van der Waals surface area contributed by atoms with Gasteiger partial charge in [-0.25, -0.2) is 14.2 Å². The van der Waals surface area contributed by atoms with Gasteiger partial charge in [-0.1, -0.05) is 35.3 Å². The van der Waals surface area contributed by atoms with E-state index in [1.165, 1.54) is 12.1 Å². The van der Waals surface area contributed by atoms with Crippen molar-refractivity contribution in [3.63, 3.8) is 0 Å². The predicted octanol–water partition coefficient (Wildman–Crippen LogP) is 6.09. The molecule has 2 aromatic carbocycles. The molecule has 1 aromatic heterocycles. The molecule has 2 heterocycles. The minimum atomic E-state index is -0.565. The second-order valence-electron chi connectivity index (χ2n) is 10.4. The number of benzene rings is 2. The van der Waals surface area contributed by atoms with Crippen LogP contribution in [0.5, 0.6) is 5.75 Å². The number of carbonyl (C=O) groups is 2. The van der Waals surface area contributed by atoms with Gasteiger partial charge in [0.1, 0.15) is 11.4 Å². The van der Waals surface area contributed by atoms with Gasteiger partial charge in [0.25, 0.3) is 5.91 Å². The Morgan fingerprint density at radius 3 is 2.30 bits per heavy atom. The molecule has 0 unspecified atom stereocenters.